The maximum atomic E-state index is 12.7. The lowest BCUT2D eigenvalue weighted by Crippen LogP contribution is -2.27. The van der Waals surface area contributed by atoms with Gasteiger partial charge in [-0.15, -0.1) is 0 Å². The maximum absolute atomic E-state index is 12.7. The van der Waals surface area contributed by atoms with E-state index < -0.39 is 5.97 Å². The highest BCUT2D eigenvalue weighted by Crippen LogP contribution is 2.35. The molecule has 0 unspecified atom stereocenters. The van der Waals surface area contributed by atoms with Gasteiger partial charge in [-0.05, 0) is 59.8 Å². The Morgan fingerprint density at radius 3 is 2.29 bits per heavy atom. The van der Waals surface area contributed by atoms with Crippen LogP contribution in [0.3, 0.4) is 0 Å². The SMILES string of the molecule is O=C([O-])c1ccc(-n2cccc2/C=C2\SC(=O)N(c3ccccc3)C2=O)cc1. The third-order valence-electron chi connectivity index (χ3n) is 4.25. The third-order valence-corrected chi connectivity index (χ3v) is 5.12. The minimum absolute atomic E-state index is 0.0847. The Bertz CT molecular complexity index is 1100. The van der Waals surface area contributed by atoms with Crippen LogP contribution in [0, 0.1) is 0 Å². The molecule has 1 aliphatic rings. The van der Waals surface area contributed by atoms with Crippen molar-refractivity contribution in [1.29, 1.82) is 0 Å². The number of imide groups is 1. The van der Waals surface area contributed by atoms with Gasteiger partial charge in [0.25, 0.3) is 11.1 Å². The Hall–Kier alpha value is -3.58. The molecule has 3 aromatic rings. The quantitative estimate of drug-likeness (QED) is 0.641. The molecule has 0 spiro atoms. The standard InChI is InChI=1S/C21H14N2O4S/c24-19-18(28-21(27)23(19)16-5-2-1-3-6-16)13-17-7-4-12-22(17)15-10-8-14(9-11-15)20(25)26/h1-13H,(H,25,26)/p-1/b18-13-. The van der Waals surface area contributed by atoms with E-state index in [0.717, 1.165) is 22.3 Å². The summed E-state index contributed by atoms with van der Waals surface area (Å²) in [6.45, 7) is 0. The highest BCUT2D eigenvalue weighted by atomic mass is 32.2. The summed E-state index contributed by atoms with van der Waals surface area (Å²) in [6.07, 6.45) is 3.45. The van der Waals surface area contributed by atoms with E-state index >= 15 is 0 Å². The van der Waals surface area contributed by atoms with Crippen LogP contribution in [-0.4, -0.2) is 21.7 Å². The second kappa shape index (κ2) is 7.21. The van der Waals surface area contributed by atoms with Crippen molar-refractivity contribution in [3.8, 4) is 5.69 Å². The predicted molar refractivity (Wildman–Crippen MR) is 105 cm³/mol. The van der Waals surface area contributed by atoms with Crippen LogP contribution in [0.2, 0.25) is 0 Å². The molecular formula is C21H13N2O4S-. The molecular weight excluding hydrogens is 376 g/mol. The zero-order chi connectivity index (χ0) is 19.7. The molecule has 1 saturated heterocycles. The first-order valence-corrected chi connectivity index (χ1v) is 9.18. The number of hydrogen-bond donors (Lipinski definition) is 0. The van der Waals surface area contributed by atoms with Gasteiger partial charge in [-0.3, -0.25) is 9.59 Å². The molecule has 0 aliphatic carbocycles. The number of nitrogens with zero attached hydrogens (tertiary/aromatic N) is 2. The van der Waals surface area contributed by atoms with E-state index in [0.29, 0.717) is 16.3 Å². The van der Waals surface area contributed by atoms with Crippen molar-refractivity contribution in [2.45, 2.75) is 0 Å². The zero-order valence-corrected chi connectivity index (χ0v) is 15.3. The lowest BCUT2D eigenvalue weighted by molar-refractivity contribution is -0.255. The van der Waals surface area contributed by atoms with E-state index in [9.17, 15) is 19.5 Å². The zero-order valence-electron chi connectivity index (χ0n) is 14.4. The summed E-state index contributed by atoms with van der Waals surface area (Å²) in [5, 5.41) is 10.6. The van der Waals surface area contributed by atoms with Crippen molar-refractivity contribution in [2.24, 2.45) is 0 Å². The van der Waals surface area contributed by atoms with Crippen LogP contribution >= 0.6 is 11.8 Å². The number of aromatic nitrogens is 1. The van der Waals surface area contributed by atoms with Crippen molar-refractivity contribution in [3.63, 3.8) is 0 Å². The lowest BCUT2D eigenvalue weighted by Gasteiger charge is -2.11. The molecule has 2 aromatic carbocycles. The number of carboxylic acid groups (broad SMARTS) is 1. The molecule has 7 heteroatoms. The maximum Gasteiger partial charge on any atom is 0.298 e. The lowest BCUT2D eigenvalue weighted by atomic mass is 10.2. The predicted octanol–water partition coefficient (Wildman–Crippen LogP) is 3.08. The molecule has 1 aliphatic heterocycles. The summed E-state index contributed by atoms with van der Waals surface area (Å²) in [5.74, 6) is -1.62. The molecule has 28 heavy (non-hydrogen) atoms. The van der Waals surface area contributed by atoms with E-state index in [-0.39, 0.29) is 16.7 Å². The number of carbonyl (C=O) groups is 3. The van der Waals surface area contributed by atoms with Crippen molar-refractivity contribution in [1.82, 2.24) is 4.57 Å². The number of anilines is 1. The fourth-order valence-corrected chi connectivity index (χ4v) is 3.73. The molecule has 2 amide bonds. The van der Waals surface area contributed by atoms with Crippen LogP contribution in [0.15, 0.2) is 77.8 Å². The fraction of sp³-hybridized carbons (Fsp3) is 0. The normalized spacial score (nSPS) is 15.4. The number of carbonyl (C=O) groups excluding carboxylic acids is 3. The van der Waals surface area contributed by atoms with Gasteiger partial charge in [0.1, 0.15) is 0 Å². The molecule has 6 nitrogen and oxygen atoms in total. The molecule has 0 bridgehead atoms. The van der Waals surface area contributed by atoms with Crippen LogP contribution in [-0.2, 0) is 4.79 Å². The van der Waals surface area contributed by atoms with Crippen molar-refractivity contribution in [2.75, 3.05) is 4.90 Å². The number of benzene rings is 2. The van der Waals surface area contributed by atoms with E-state index in [1.54, 1.807) is 59.3 Å². The van der Waals surface area contributed by atoms with Crippen molar-refractivity contribution >= 4 is 40.6 Å². The Labute approximate surface area is 164 Å². The summed E-state index contributed by atoms with van der Waals surface area (Å²) in [5.41, 5.74) is 2.03. The first-order valence-electron chi connectivity index (χ1n) is 8.37. The van der Waals surface area contributed by atoms with Gasteiger partial charge in [0, 0.05) is 17.6 Å². The number of amides is 2. The van der Waals surface area contributed by atoms with Gasteiger partial charge in [0.2, 0.25) is 0 Å². The average molecular weight is 389 g/mol. The molecule has 0 saturated carbocycles. The van der Waals surface area contributed by atoms with Crippen LogP contribution < -0.4 is 10.0 Å². The van der Waals surface area contributed by atoms with Crippen LogP contribution in [0.1, 0.15) is 16.1 Å². The summed E-state index contributed by atoms with van der Waals surface area (Å²) in [6, 6.07) is 18.6. The minimum atomic E-state index is -1.24. The topological polar surface area (TPSA) is 82.4 Å². The molecule has 0 atom stereocenters. The van der Waals surface area contributed by atoms with Gasteiger partial charge < -0.3 is 14.5 Å². The molecule has 1 fully saturated rings. The highest BCUT2D eigenvalue weighted by molar-refractivity contribution is 8.19. The minimum Gasteiger partial charge on any atom is -0.545 e. The van der Waals surface area contributed by atoms with Gasteiger partial charge in [-0.1, -0.05) is 30.3 Å². The third kappa shape index (κ3) is 3.23. The van der Waals surface area contributed by atoms with Crippen LogP contribution in [0.25, 0.3) is 11.8 Å². The Kier molecular flexibility index (Phi) is 4.58. The van der Waals surface area contributed by atoms with E-state index in [4.69, 9.17) is 0 Å². The molecule has 0 radical (unpaired) electrons. The Morgan fingerprint density at radius 1 is 0.893 bits per heavy atom. The number of carboxylic acids is 1. The van der Waals surface area contributed by atoms with Crippen molar-refractivity contribution in [3.05, 3.63) is 89.1 Å². The van der Waals surface area contributed by atoms with Gasteiger partial charge >= 0.3 is 0 Å². The first-order chi connectivity index (χ1) is 13.5. The van der Waals surface area contributed by atoms with Gasteiger partial charge in [-0.2, -0.15) is 0 Å². The fourth-order valence-electron chi connectivity index (χ4n) is 2.91. The number of thioether (sulfide) groups is 1. The second-order valence-corrected chi connectivity index (χ2v) is 6.98. The smallest absolute Gasteiger partial charge is 0.298 e. The monoisotopic (exact) mass is 389 g/mol. The van der Waals surface area contributed by atoms with E-state index in [1.165, 1.54) is 12.1 Å². The van der Waals surface area contributed by atoms with E-state index in [1.807, 2.05) is 12.1 Å². The van der Waals surface area contributed by atoms with Gasteiger partial charge in [0.15, 0.2) is 0 Å². The summed E-state index contributed by atoms with van der Waals surface area (Å²) < 4.78 is 1.80. The number of hydrogen-bond acceptors (Lipinski definition) is 5. The molecule has 4 rings (SSSR count). The molecule has 1 aromatic heterocycles. The molecule has 0 N–H and O–H groups in total. The first kappa shape index (κ1) is 17.8. The number of para-hydroxylation sites is 1. The van der Waals surface area contributed by atoms with Crippen LogP contribution in [0.4, 0.5) is 10.5 Å². The average Bonchev–Trinajstić information content (AvgIpc) is 3.27. The Balaban J connectivity index is 1.66. The second-order valence-electron chi connectivity index (χ2n) is 5.99. The summed E-state index contributed by atoms with van der Waals surface area (Å²) in [4.78, 5) is 37.5. The van der Waals surface area contributed by atoms with Crippen molar-refractivity contribution < 1.29 is 19.5 Å². The van der Waals surface area contributed by atoms with E-state index in [2.05, 4.69) is 0 Å². The summed E-state index contributed by atoms with van der Waals surface area (Å²) in [7, 11) is 0. The van der Waals surface area contributed by atoms with Gasteiger partial charge in [-0.25, -0.2) is 4.90 Å². The molecule has 2 heterocycles. The molecule has 138 valence electrons. The number of aromatic carboxylic acids is 1. The highest BCUT2D eigenvalue weighted by Gasteiger charge is 2.36. The Morgan fingerprint density at radius 2 is 1.61 bits per heavy atom. The number of rotatable bonds is 4. The largest absolute Gasteiger partial charge is 0.545 e. The van der Waals surface area contributed by atoms with Gasteiger partial charge in [0.05, 0.1) is 16.6 Å². The summed E-state index contributed by atoms with van der Waals surface area (Å²) >= 11 is 0.884. The van der Waals surface area contributed by atoms with Crippen LogP contribution in [0.5, 0.6) is 0 Å².